The Balaban J connectivity index is 1.91. The first-order valence-electron chi connectivity index (χ1n) is 8.56. The first-order chi connectivity index (χ1) is 12.7. The van der Waals surface area contributed by atoms with E-state index in [-0.39, 0.29) is 5.56 Å². The Labute approximate surface area is 152 Å². The summed E-state index contributed by atoms with van der Waals surface area (Å²) in [6, 6.07) is 27.3. The maximum atomic E-state index is 13.2. The van der Waals surface area contributed by atoms with Gasteiger partial charge in [-0.15, -0.1) is 0 Å². The summed E-state index contributed by atoms with van der Waals surface area (Å²) in [7, 11) is 1.96. The largest absolute Gasteiger partial charge is 0.341 e. The summed E-state index contributed by atoms with van der Waals surface area (Å²) in [6.07, 6.45) is 0. The molecule has 1 aromatic heterocycles. The second kappa shape index (κ2) is 6.84. The molecular weight excluding hydrogens is 322 g/mol. The number of hydrogen-bond acceptors (Lipinski definition) is 3. The predicted octanol–water partition coefficient (Wildman–Crippen LogP) is 4.02. The second-order valence-electron chi connectivity index (χ2n) is 6.25. The number of anilines is 1. The zero-order valence-electron chi connectivity index (χ0n) is 14.5. The van der Waals surface area contributed by atoms with Crippen LogP contribution in [0.5, 0.6) is 0 Å². The molecule has 0 atom stereocenters. The quantitative estimate of drug-likeness (QED) is 0.563. The molecule has 0 saturated carbocycles. The highest BCUT2D eigenvalue weighted by Gasteiger charge is 2.16. The van der Waals surface area contributed by atoms with Gasteiger partial charge in [0.25, 0.3) is 5.56 Å². The summed E-state index contributed by atoms with van der Waals surface area (Å²) in [5.74, 6) is 0.628. The van der Waals surface area contributed by atoms with E-state index in [1.807, 2.05) is 84.7 Å². The van der Waals surface area contributed by atoms with Gasteiger partial charge >= 0.3 is 0 Å². The van der Waals surface area contributed by atoms with Crippen LogP contribution in [0.25, 0.3) is 16.6 Å². The number of rotatable bonds is 4. The zero-order valence-corrected chi connectivity index (χ0v) is 14.5. The van der Waals surface area contributed by atoms with Crippen LogP contribution in [0.4, 0.5) is 5.95 Å². The van der Waals surface area contributed by atoms with Crippen molar-refractivity contribution in [2.75, 3.05) is 11.9 Å². The van der Waals surface area contributed by atoms with Crippen molar-refractivity contribution < 1.29 is 0 Å². The average molecular weight is 341 g/mol. The molecule has 0 aliphatic carbocycles. The van der Waals surface area contributed by atoms with E-state index in [1.54, 1.807) is 4.57 Å². The van der Waals surface area contributed by atoms with E-state index in [0.29, 0.717) is 23.4 Å². The summed E-state index contributed by atoms with van der Waals surface area (Å²) in [6.45, 7) is 0.665. The van der Waals surface area contributed by atoms with Crippen LogP contribution in [0.15, 0.2) is 89.7 Å². The summed E-state index contributed by atoms with van der Waals surface area (Å²) >= 11 is 0. The molecule has 4 heteroatoms. The Morgan fingerprint density at radius 1 is 0.846 bits per heavy atom. The molecule has 0 saturated heterocycles. The van der Waals surface area contributed by atoms with Crippen LogP contribution in [0, 0.1) is 0 Å². The molecule has 3 aromatic carbocycles. The molecule has 4 rings (SSSR count). The second-order valence-corrected chi connectivity index (χ2v) is 6.25. The third-order valence-electron chi connectivity index (χ3n) is 4.38. The van der Waals surface area contributed by atoms with Crippen molar-refractivity contribution in [3.63, 3.8) is 0 Å². The summed E-state index contributed by atoms with van der Waals surface area (Å²) in [5.41, 5.74) is 2.62. The lowest BCUT2D eigenvalue weighted by Crippen LogP contribution is -2.29. The third-order valence-corrected chi connectivity index (χ3v) is 4.38. The maximum Gasteiger partial charge on any atom is 0.267 e. The van der Waals surface area contributed by atoms with E-state index in [0.717, 1.165) is 11.3 Å². The fourth-order valence-electron chi connectivity index (χ4n) is 3.11. The van der Waals surface area contributed by atoms with Crippen LogP contribution >= 0.6 is 0 Å². The standard InChI is InChI=1S/C22H19N3O/c1-24(16-17-10-4-2-5-11-17)22-23-20-15-9-8-14-19(20)21(26)25(22)18-12-6-3-7-13-18/h2-15H,16H2,1H3. The van der Waals surface area contributed by atoms with Gasteiger partial charge < -0.3 is 4.90 Å². The number of hydrogen-bond donors (Lipinski definition) is 0. The van der Waals surface area contributed by atoms with Gasteiger partial charge in [0.2, 0.25) is 5.95 Å². The molecule has 0 unspecified atom stereocenters. The first kappa shape index (κ1) is 16.1. The molecule has 0 fully saturated rings. The molecule has 0 aliphatic rings. The van der Waals surface area contributed by atoms with Crippen molar-refractivity contribution in [3.05, 3.63) is 101 Å². The van der Waals surface area contributed by atoms with Gasteiger partial charge in [0.1, 0.15) is 0 Å². The zero-order chi connectivity index (χ0) is 17.9. The topological polar surface area (TPSA) is 38.1 Å². The number of benzene rings is 3. The molecule has 1 heterocycles. The first-order valence-corrected chi connectivity index (χ1v) is 8.56. The van der Waals surface area contributed by atoms with Crippen molar-refractivity contribution in [2.45, 2.75) is 6.54 Å². The third kappa shape index (κ3) is 2.97. The Bertz CT molecular complexity index is 1090. The minimum absolute atomic E-state index is 0.0586. The predicted molar refractivity (Wildman–Crippen MR) is 106 cm³/mol. The Hall–Kier alpha value is -3.40. The SMILES string of the molecule is CN(Cc1ccccc1)c1nc2ccccc2c(=O)n1-c1ccccc1. The Morgan fingerprint density at radius 3 is 2.19 bits per heavy atom. The molecule has 0 bridgehead atoms. The smallest absolute Gasteiger partial charge is 0.267 e. The average Bonchev–Trinajstić information content (AvgIpc) is 2.69. The lowest BCUT2D eigenvalue weighted by Gasteiger charge is -2.23. The van der Waals surface area contributed by atoms with Crippen LogP contribution in [-0.4, -0.2) is 16.6 Å². The van der Waals surface area contributed by atoms with Crippen LogP contribution in [0.3, 0.4) is 0 Å². The highest BCUT2D eigenvalue weighted by molar-refractivity contribution is 5.79. The van der Waals surface area contributed by atoms with Crippen molar-refractivity contribution in [1.29, 1.82) is 0 Å². The van der Waals surface area contributed by atoms with Crippen LogP contribution in [0.1, 0.15) is 5.56 Å². The van der Waals surface area contributed by atoms with Gasteiger partial charge in [-0.2, -0.15) is 0 Å². The summed E-state index contributed by atoms with van der Waals surface area (Å²) in [5, 5.41) is 0.619. The van der Waals surface area contributed by atoms with Gasteiger partial charge in [-0.05, 0) is 29.8 Å². The Morgan fingerprint density at radius 2 is 1.46 bits per heavy atom. The Kier molecular flexibility index (Phi) is 4.23. The van der Waals surface area contributed by atoms with Crippen molar-refractivity contribution in [2.24, 2.45) is 0 Å². The molecule has 0 amide bonds. The normalized spacial score (nSPS) is 10.8. The minimum atomic E-state index is -0.0586. The number of aromatic nitrogens is 2. The van der Waals surface area contributed by atoms with Gasteiger partial charge in [-0.3, -0.25) is 4.79 Å². The molecule has 0 N–H and O–H groups in total. The molecule has 4 nitrogen and oxygen atoms in total. The summed E-state index contributed by atoms with van der Waals surface area (Å²) in [4.78, 5) is 20.0. The lowest BCUT2D eigenvalue weighted by molar-refractivity contribution is 0.820. The lowest BCUT2D eigenvalue weighted by atomic mass is 10.2. The monoisotopic (exact) mass is 341 g/mol. The van der Waals surface area contributed by atoms with Gasteiger partial charge in [-0.25, -0.2) is 9.55 Å². The molecule has 0 spiro atoms. The molecule has 0 aliphatic heterocycles. The number of fused-ring (bicyclic) bond motifs is 1. The van der Waals surface area contributed by atoms with Crippen molar-refractivity contribution >= 4 is 16.9 Å². The van der Waals surface area contributed by atoms with Crippen molar-refractivity contribution in [3.8, 4) is 5.69 Å². The molecule has 4 aromatic rings. The highest BCUT2D eigenvalue weighted by Crippen LogP contribution is 2.20. The van der Waals surface area contributed by atoms with E-state index >= 15 is 0 Å². The van der Waals surface area contributed by atoms with Crippen LogP contribution in [0.2, 0.25) is 0 Å². The summed E-state index contributed by atoms with van der Waals surface area (Å²) < 4.78 is 1.69. The van der Waals surface area contributed by atoms with E-state index in [4.69, 9.17) is 4.98 Å². The highest BCUT2D eigenvalue weighted by atomic mass is 16.1. The number of para-hydroxylation sites is 2. The van der Waals surface area contributed by atoms with E-state index in [1.165, 1.54) is 0 Å². The maximum absolute atomic E-state index is 13.2. The molecule has 26 heavy (non-hydrogen) atoms. The molecular formula is C22H19N3O. The number of nitrogens with zero attached hydrogens (tertiary/aromatic N) is 3. The van der Waals surface area contributed by atoms with E-state index in [2.05, 4.69) is 12.1 Å². The van der Waals surface area contributed by atoms with E-state index < -0.39 is 0 Å². The molecule has 128 valence electrons. The van der Waals surface area contributed by atoms with Gasteiger partial charge in [0.05, 0.1) is 16.6 Å². The van der Waals surface area contributed by atoms with Crippen LogP contribution in [-0.2, 0) is 6.54 Å². The minimum Gasteiger partial charge on any atom is -0.341 e. The van der Waals surface area contributed by atoms with Crippen molar-refractivity contribution in [1.82, 2.24) is 9.55 Å². The fraction of sp³-hybridized carbons (Fsp3) is 0.0909. The van der Waals surface area contributed by atoms with Gasteiger partial charge in [0, 0.05) is 13.6 Å². The molecule has 0 radical (unpaired) electrons. The van der Waals surface area contributed by atoms with Gasteiger partial charge in [0.15, 0.2) is 0 Å². The fourth-order valence-corrected chi connectivity index (χ4v) is 3.11. The van der Waals surface area contributed by atoms with Crippen LogP contribution < -0.4 is 10.5 Å². The van der Waals surface area contributed by atoms with Gasteiger partial charge in [-0.1, -0.05) is 60.7 Å². The van der Waals surface area contributed by atoms with E-state index in [9.17, 15) is 4.79 Å².